The van der Waals surface area contributed by atoms with Crippen molar-refractivity contribution < 1.29 is 4.74 Å². The summed E-state index contributed by atoms with van der Waals surface area (Å²) < 4.78 is 6.49. The molecular weight excluding hydrogens is 324 g/mol. The molecule has 0 spiro atoms. The summed E-state index contributed by atoms with van der Waals surface area (Å²) in [5.41, 5.74) is 2.14. The second kappa shape index (κ2) is 6.02. The van der Waals surface area contributed by atoms with E-state index in [0.717, 1.165) is 26.1 Å². The lowest BCUT2D eigenvalue weighted by Crippen LogP contribution is -1.86. The lowest BCUT2D eigenvalue weighted by Gasteiger charge is -1.98. The van der Waals surface area contributed by atoms with Crippen LogP contribution in [0.2, 0.25) is 0 Å². The molecule has 0 unspecified atom stereocenters. The minimum atomic E-state index is 0.808. The topological polar surface area (TPSA) is 34.1 Å². The normalized spacial score (nSPS) is 10.8. The average Bonchev–Trinajstić information content (AvgIpc) is 3.22. The maximum atomic E-state index is 5.37. The van der Waals surface area contributed by atoms with E-state index in [9.17, 15) is 0 Å². The predicted octanol–water partition coefficient (Wildman–Crippen LogP) is 5.78. The summed E-state index contributed by atoms with van der Waals surface area (Å²) in [6, 6.07) is 20.6. The Kier molecular flexibility index (Phi) is 3.73. The second-order valence-corrected chi connectivity index (χ2v) is 7.10. The number of ether oxygens (including phenoxy) is 1. The second-order valence-electron chi connectivity index (χ2n) is 4.98. The zero-order chi connectivity index (χ0) is 15.6. The summed E-state index contributed by atoms with van der Waals surface area (Å²) >= 11 is 3.36. The molecule has 0 aliphatic carbocycles. The molecule has 0 saturated carbocycles. The summed E-state index contributed by atoms with van der Waals surface area (Å²) in [5, 5.41) is 5.37. The fourth-order valence-electron chi connectivity index (χ4n) is 2.41. The standard InChI is InChI=1S/C18H14N2OS2/c1-21-13-8-5-9-15-17(13)20-18(23-15)19-16-11-10-14(22-16)12-6-3-2-4-7-12/h2-11H,1H3,(H,19,20). The first kappa shape index (κ1) is 14.2. The molecule has 2 aromatic heterocycles. The van der Waals surface area contributed by atoms with Crippen LogP contribution in [-0.4, -0.2) is 12.1 Å². The van der Waals surface area contributed by atoms with Gasteiger partial charge in [-0.3, -0.25) is 0 Å². The number of aromatic nitrogens is 1. The highest BCUT2D eigenvalue weighted by atomic mass is 32.1. The predicted molar refractivity (Wildman–Crippen MR) is 99.2 cm³/mol. The maximum absolute atomic E-state index is 5.37. The van der Waals surface area contributed by atoms with E-state index in [1.165, 1.54) is 10.4 Å². The van der Waals surface area contributed by atoms with Crippen molar-refractivity contribution >= 4 is 43.0 Å². The number of thiazole rings is 1. The third-order valence-electron chi connectivity index (χ3n) is 3.50. The van der Waals surface area contributed by atoms with Crippen molar-refractivity contribution in [2.24, 2.45) is 0 Å². The molecule has 0 radical (unpaired) electrons. The molecule has 4 rings (SSSR count). The van der Waals surface area contributed by atoms with Crippen LogP contribution in [0.4, 0.5) is 10.1 Å². The molecule has 2 heterocycles. The SMILES string of the molecule is COc1cccc2sc(Nc3ccc(-c4ccccc4)s3)nc12. The Hall–Kier alpha value is -2.37. The first-order valence-electron chi connectivity index (χ1n) is 7.19. The Morgan fingerprint density at radius 1 is 0.913 bits per heavy atom. The van der Waals surface area contributed by atoms with Crippen LogP contribution >= 0.6 is 22.7 Å². The molecule has 0 aliphatic rings. The molecule has 0 amide bonds. The Balaban J connectivity index is 1.63. The van der Waals surface area contributed by atoms with Crippen molar-refractivity contribution in [3.05, 3.63) is 60.7 Å². The molecule has 2 aromatic carbocycles. The number of nitrogens with one attached hydrogen (secondary N) is 1. The first-order chi connectivity index (χ1) is 11.3. The maximum Gasteiger partial charge on any atom is 0.189 e. The monoisotopic (exact) mass is 338 g/mol. The van der Waals surface area contributed by atoms with Crippen LogP contribution in [0.25, 0.3) is 20.7 Å². The van der Waals surface area contributed by atoms with E-state index in [1.807, 2.05) is 18.2 Å². The van der Waals surface area contributed by atoms with E-state index in [0.29, 0.717) is 0 Å². The van der Waals surface area contributed by atoms with Crippen molar-refractivity contribution in [3.63, 3.8) is 0 Å². The minimum absolute atomic E-state index is 0.808. The summed E-state index contributed by atoms with van der Waals surface area (Å²) in [6.07, 6.45) is 0. The first-order valence-corrected chi connectivity index (χ1v) is 8.82. The van der Waals surface area contributed by atoms with E-state index < -0.39 is 0 Å². The highest BCUT2D eigenvalue weighted by molar-refractivity contribution is 7.23. The van der Waals surface area contributed by atoms with Crippen molar-refractivity contribution in [3.8, 4) is 16.2 Å². The van der Waals surface area contributed by atoms with E-state index >= 15 is 0 Å². The molecule has 4 aromatic rings. The third-order valence-corrected chi connectivity index (χ3v) is 5.48. The molecule has 114 valence electrons. The molecular formula is C18H14N2OS2. The number of nitrogens with zero attached hydrogens (tertiary/aromatic N) is 1. The van der Waals surface area contributed by atoms with Crippen LogP contribution in [0.1, 0.15) is 0 Å². The molecule has 5 heteroatoms. The summed E-state index contributed by atoms with van der Waals surface area (Å²) in [6.45, 7) is 0. The number of para-hydroxylation sites is 1. The van der Waals surface area contributed by atoms with Gasteiger partial charge < -0.3 is 10.1 Å². The van der Waals surface area contributed by atoms with Crippen molar-refractivity contribution in [1.82, 2.24) is 4.98 Å². The number of rotatable bonds is 4. The number of anilines is 2. The van der Waals surface area contributed by atoms with Gasteiger partial charge in [0, 0.05) is 4.88 Å². The Morgan fingerprint density at radius 3 is 2.61 bits per heavy atom. The van der Waals surface area contributed by atoms with Crippen LogP contribution in [0, 0.1) is 0 Å². The largest absolute Gasteiger partial charge is 0.494 e. The zero-order valence-corrected chi connectivity index (χ0v) is 14.1. The Morgan fingerprint density at radius 2 is 1.78 bits per heavy atom. The van der Waals surface area contributed by atoms with Crippen molar-refractivity contribution in [2.45, 2.75) is 0 Å². The van der Waals surface area contributed by atoms with Gasteiger partial charge in [-0.15, -0.1) is 11.3 Å². The molecule has 0 atom stereocenters. The lowest BCUT2D eigenvalue weighted by atomic mass is 10.2. The number of fused-ring (bicyclic) bond motifs is 1. The Bertz CT molecular complexity index is 944. The number of hydrogen-bond donors (Lipinski definition) is 1. The van der Waals surface area contributed by atoms with Gasteiger partial charge >= 0.3 is 0 Å². The highest BCUT2D eigenvalue weighted by Crippen LogP contribution is 2.37. The Labute approximate surface area is 142 Å². The zero-order valence-electron chi connectivity index (χ0n) is 12.4. The van der Waals surface area contributed by atoms with Crippen LogP contribution in [0.15, 0.2) is 60.7 Å². The molecule has 23 heavy (non-hydrogen) atoms. The number of benzene rings is 2. The third kappa shape index (κ3) is 2.81. The van der Waals surface area contributed by atoms with E-state index in [4.69, 9.17) is 4.74 Å². The smallest absolute Gasteiger partial charge is 0.189 e. The fourth-order valence-corrected chi connectivity index (χ4v) is 4.28. The number of hydrogen-bond acceptors (Lipinski definition) is 5. The van der Waals surface area contributed by atoms with Gasteiger partial charge in [-0.2, -0.15) is 0 Å². The van der Waals surface area contributed by atoms with Gasteiger partial charge in [-0.25, -0.2) is 4.98 Å². The van der Waals surface area contributed by atoms with Gasteiger partial charge in [0.2, 0.25) is 0 Å². The molecule has 0 fully saturated rings. The lowest BCUT2D eigenvalue weighted by molar-refractivity contribution is 0.419. The molecule has 0 bridgehead atoms. The van der Waals surface area contributed by atoms with Gasteiger partial charge in [0.15, 0.2) is 5.13 Å². The van der Waals surface area contributed by atoms with E-state index in [2.05, 4.69) is 52.8 Å². The van der Waals surface area contributed by atoms with E-state index in [1.54, 1.807) is 29.8 Å². The molecule has 0 saturated heterocycles. The van der Waals surface area contributed by atoms with Crippen LogP contribution in [-0.2, 0) is 0 Å². The van der Waals surface area contributed by atoms with Gasteiger partial charge in [0.1, 0.15) is 11.3 Å². The van der Waals surface area contributed by atoms with Crippen LogP contribution in [0.5, 0.6) is 5.75 Å². The quantitative estimate of drug-likeness (QED) is 0.512. The van der Waals surface area contributed by atoms with Gasteiger partial charge in [-0.05, 0) is 29.8 Å². The summed E-state index contributed by atoms with van der Waals surface area (Å²) in [7, 11) is 1.67. The summed E-state index contributed by atoms with van der Waals surface area (Å²) in [5.74, 6) is 0.808. The number of thiophene rings is 1. The molecule has 1 N–H and O–H groups in total. The van der Waals surface area contributed by atoms with Gasteiger partial charge in [0.25, 0.3) is 0 Å². The number of methoxy groups -OCH3 is 1. The van der Waals surface area contributed by atoms with Gasteiger partial charge in [-0.1, -0.05) is 47.7 Å². The van der Waals surface area contributed by atoms with Gasteiger partial charge in [0.05, 0.1) is 16.8 Å². The fraction of sp³-hybridized carbons (Fsp3) is 0.0556. The molecule has 3 nitrogen and oxygen atoms in total. The summed E-state index contributed by atoms with van der Waals surface area (Å²) in [4.78, 5) is 5.89. The van der Waals surface area contributed by atoms with Crippen molar-refractivity contribution in [2.75, 3.05) is 12.4 Å². The van der Waals surface area contributed by atoms with Crippen LogP contribution < -0.4 is 10.1 Å². The molecule has 0 aliphatic heterocycles. The average molecular weight is 338 g/mol. The van der Waals surface area contributed by atoms with Crippen molar-refractivity contribution in [1.29, 1.82) is 0 Å². The highest BCUT2D eigenvalue weighted by Gasteiger charge is 2.10. The van der Waals surface area contributed by atoms with E-state index in [-0.39, 0.29) is 0 Å². The van der Waals surface area contributed by atoms with Crippen LogP contribution in [0.3, 0.4) is 0 Å². The minimum Gasteiger partial charge on any atom is -0.494 e.